The number of urea groups is 1. The predicted molar refractivity (Wildman–Crippen MR) is 128 cm³/mol. The second-order valence-electron chi connectivity index (χ2n) is 6.89. The molecule has 8 heteroatoms. The molecule has 1 aliphatic heterocycles. The fraction of sp³-hybridized carbons (Fsp3) is 0.0417. The quantitative estimate of drug-likeness (QED) is 0.335. The van der Waals surface area contributed by atoms with Gasteiger partial charge in [-0.25, -0.2) is 9.69 Å². The second kappa shape index (κ2) is 9.50. The molecule has 1 heterocycles. The first-order valence-corrected chi connectivity index (χ1v) is 11.1. The van der Waals surface area contributed by atoms with E-state index in [4.69, 9.17) is 4.74 Å². The van der Waals surface area contributed by atoms with Gasteiger partial charge in [0.15, 0.2) is 0 Å². The van der Waals surface area contributed by atoms with Crippen LogP contribution in [0.2, 0.25) is 0 Å². The van der Waals surface area contributed by atoms with Crippen molar-refractivity contribution in [2.75, 3.05) is 4.90 Å². The molecule has 0 spiro atoms. The summed E-state index contributed by atoms with van der Waals surface area (Å²) in [4.78, 5) is 38.8. The van der Waals surface area contributed by atoms with Gasteiger partial charge in [-0.05, 0) is 54.1 Å². The number of barbiturate groups is 1. The zero-order valence-electron chi connectivity index (χ0n) is 16.5. The first-order chi connectivity index (χ1) is 15.4. The molecule has 4 amide bonds. The molecular formula is C24H16Br2N2O4. The summed E-state index contributed by atoms with van der Waals surface area (Å²) in [7, 11) is 0. The number of ether oxygens (including phenoxy) is 1. The number of hydrogen-bond donors (Lipinski definition) is 1. The zero-order valence-corrected chi connectivity index (χ0v) is 19.7. The lowest BCUT2D eigenvalue weighted by molar-refractivity contribution is -0.122. The Morgan fingerprint density at radius 2 is 1.56 bits per heavy atom. The lowest BCUT2D eigenvalue weighted by atomic mass is 10.1. The molecule has 0 unspecified atom stereocenters. The summed E-state index contributed by atoms with van der Waals surface area (Å²) in [6.45, 7) is 0.305. The van der Waals surface area contributed by atoms with Gasteiger partial charge in [-0.1, -0.05) is 62.2 Å². The van der Waals surface area contributed by atoms with E-state index in [1.54, 1.807) is 42.5 Å². The summed E-state index contributed by atoms with van der Waals surface area (Å²) in [6.07, 6.45) is 1.43. The maximum absolute atomic E-state index is 13.1. The molecule has 0 bridgehead atoms. The number of rotatable bonds is 5. The first-order valence-electron chi connectivity index (χ1n) is 9.55. The van der Waals surface area contributed by atoms with Crippen LogP contribution in [0.25, 0.3) is 6.08 Å². The van der Waals surface area contributed by atoms with Gasteiger partial charge in [-0.2, -0.15) is 0 Å². The summed E-state index contributed by atoms with van der Waals surface area (Å²) in [5, 5.41) is 2.23. The molecule has 6 nitrogen and oxygen atoms in total. The number of hydrogen-bond acceptors (Lipinski definition) is 4. The summed E-state index contributed by atoms with van der Waals surface area (Å²) in [5.74, 6) is -0.970. The highest BCUT2D eigenvalue weighted by Gasteiger charge is 2.36. The number of carbonyl (C=O) groups excluding carboxylic acids is 3. The van der Waals surface area contributed by atoms with Crippen LogP contribution in [0.4, 0.5) is 10.5 Å². The molecule has 1 N–H and O–H groups in total. The molecule has 32 heavy (non-hydrogen) atoms. The average Bonchev–Trinajstić information content (AvgIpc) is 2.78. The molecule has 3 aromatic carbocycles. The highest BCUT2D eigenvalue weighted by molar-refractivity contribution is 9.10. The van der Waals surface area contributed by atoms with Gasteiger partial charge >= 0.3 is 6.03 Å². The molecule has 160 valence electrons. The average molecular weight is 556 g/mol. The van der Waals surface area contributed by atoms with Crippen molar-refractivity contribution in [3.05, 3.63) is 98.4 Å². The summed E-state index contributed by atoms with van der Waals surface area (Å²) >= 11 is 6.82. The van der Waals surface area contributed by atoms with E-state index in [9.17, 15) is 14.4 Å². The third kappa shape index (κ3) is 4.81. The van der Waals surface area contributed by atoms with E-state index in [1.165, 1.54) is 6.08 Å². The van der Waals surface area contributed by atoms with Gasteiger partial charge in [0.05, 0.1) is 5.69 Å². The van der Waals surface area contributed by atoms with Gasteiger partial charge in [0, 0.05) is 14.5 Å². The van der Waals surface area contributed by atoms with Gasteiger partial charge in [0.2, 0.25) is 0 Å². The lowest BCUT2D eigenvalue weighted by Crippen LogP contribution is -2.54. The van der Waals surface area contributed by atoms with E-state index in [0.29, 0.717) is 23.6 Å². The van der Waals surface area contributed by atoms with Crippen LogP contribution in [0, 0.1) is 0 Å². The molecule has 0 atom stereocenters. The van der Waals surface area contributed by atoms with Crippen molar-refractivity contribution >= 4 is 61.5 Å². The minimum absolute atomic E-state index is 0.167. The maximum Gasteiger partial charge on any atom is 0.335 e. The molecule has 1 aliphatic rings. The molecule has 1 saturated heterocycles. The van der Waals surface area contributed by atoms with Crippen LogP contribution in [-0.2, 0) is 16.2 Å². The van der Waals surface area contributed by atoms with Gasteiger partial charge < -0.3 is 4.74 Å². The van der Waals surface area contributed by atoms with Crippen molar-refractivity contribution in [2.45, 2.75) is 6.61 Å². The molecular weight excluding hydrogens is 540 g/mol. The number of nitrogens with one attached hydrogen (secondary N) is 1. The summed E-state index contributed by atoms with van der Waals surface area (Å²) in [6, 6.07) is 20.6. The Hall–Kier alpha value is -3.23. The Balaban J connectivity index is 1.66. The van der Waals surface area contributed by atoms with Crippen molar-refractivity contribution in [2.24, 2.45) is 0 Å². The number of halogens is 2. The number of para-hydroxylation sites is 1. The van der Waals surface area contributed by atoms with Crippen LogP contribution in [0.15, 0.2) is 87.3 Å². The van der Waals surface area contributed by atoms with Crippen LogP contribution in [0.3, 0.4) is 0 Å². The second-order valence-corrected chi connectivity index (χ2v) is 8.72. The van der Waals surface area contributed by atoms with Gasteiger partial charge in [0.25, 0.3) is 11.8 Å². The third-order valence-corrected chi connectivity index (χ3v) is 5.72. The molecule has 0 aromatic heterocycles. The topological polar surface area (TPSA) is 75.7 Å². The zero-order chi connectivity index (χ0) is 22.7. The number of benzene rings is 3. The Labute approximate surface area is 201 Å². The standard InChI is InChI=1S/C24H16Br2N2O4/c25-17-8-6-15(7-9-17)14-32-21-11-10-18(26)12-16(21)13-20-22(29)27-24(31)28(23(20)30)19-4-2-1-3-5-19/h1-13H,14H2,(H,27,29,31)/b20-13+. The fourth-order valence-electron chi connectivity index (χ4n) is 3.13. The summed E-state index contributed by atoms with van der Waals surface area (Å²) in [5.41, 5.74) is 1.69. The van der Waals surface area contributed by atoms with Crippen LogP contribution < -0.4 is 15.0 Å². The van der Waals surface area contributed by atoms with Crippen molar-refractivity contribution < 1.29 is 19.1 Å². The van der Waals surface area contributed by atoms with Gasteiger partial charge in [0.1, 0.15) is 17.9 Å². The Morgan fingerprint density at radius 1 is 0.875 bits per heavy atom. The SMILES string of the molecule is O=C1NC(=O)N(c2ccccc2)C(=O)/C1=C/c1cc(Br)ccc1OCc1ccc(Br)cc1. The highest BCUT2D eigenvalue weighted by atomic mass is 79.9. The maximum atomic E-state index is 13.1. The van der Waals surface area contributed by atoms with E-state index in [2.05, 4.69) is 37.2 Å². The van der Waals surface area contributed by atoms with Crippen molar-refractivity contribution in [1.29, 1.82) is 0 Å². The third-order valence-electron chi connectivity index (χ3n) is 4.70. The Bertz CT molecular complexity index is 1220. The van der Waals surface area contributed by atoms with Crippen molar-refractivity contribution in [3.63, 3.8) is 0 Å². The van der Waals surface area contributed by atoms with E-state index in [0.717, 1.165) is 19.4 Å². The van der Waals surface area contributed by atoms with Crippen LogP contribution in [-0.4, -0.2) is 17.8 Å². The largest absolute Gasteiger partial charge is 0.488 e. The molecule has 0 radical (unpaired) electrons. The number of amides is 4. The minimum atomic E-state index is -0.788. The molecule has 4 rings (SSSR count). The Morgan fingerprint density at radius 3 is 2.28 bits per heavy atom. The molecule has 1 fully saturated rings. The predicted octanol–water partition coefficient (Wildman–Crippen LogP) is 5.46. The van der Waals surface area contributed by atoms with E-state index < -0.39 is 17.8 Å². The van der Waals surface area contributed by atoms with Gasteiger partial charge in [-0.3, -0.25) is 14.9 Å². The molecule has 0 aliphatic carbocycles. The monoisotopic (exact) mass is 554 g/mol. The minimum Gasteiger partial charge on any atom is -0.488 e. The van der Waals surface area contributed by atoms with E-state index >= 15 is 0 Å². The number of nitrogens with zero attached hydrogens (tertiary/aromatic N) is 1. The van der Waals surface area contributed by atoms with Crippen molar-refractivity contribution in [3.8, 4) is 5.75 Å². The van der Waals surface area contributed by atoms with Crippen LogP contribution in [0.1, 0.15) is 11.1 Å². The fourth-order valence-corrected chi connectivity index (χ4v) is 3.77. The normalized spacial score (nSPS) is 15.1. The van der Waals surface area contributed by atoms with E-state index in [-0.39, 0.29) is 5.57 Å². The van der Waals surface area contributed by atoms with Crippen LogP contribution in [0.5, 0.6) is 5.75 Å². The highest BCUT2D eigenvalue weighted by Crippen LogP contribution is 2.28. The first kappa shape index (κ1) is 22.0. The Kier molecular flexibility index (Phi) is 6.53. The number of carbonyl (C=O) groups is 3. The number of anilines is 1. The molecule has 0 saturated carbocycles. The van der Waals surface area contributed by atoms with Crippen LogP contribution >= 0.6 is 31.9 Å². The molecule has 3 aromatic rings. The summed E-state index contributed by atoms with van der Waals surface area (Å²) < 4.78 is 7.68. The lowest BCUT2D eigenvalue weighted by Gasteiger charge is -2.26. The van der Waals surface area contributed by atoms with E-state index in [1.807, 2.05) is 30.3 Å². The van der Waals surface area contributed by atoms with Crippen molar-refractivity contribution in [1.82, 2.24) is 5.32 Å². The number of imide groups is 2. The van der Waals surface area contributed by atoms with Gasteiger partial charge in [-0.15, -0.1) is 0 Å². The smallest absolute Gasteiger partial charge is 0.335 e.